The maximum Gasteiger partial charge on any atom is 0.270 e. The topological polar surface area (TPSA) is 45.5 Å². The molecule has 3 rings (SSSR count). The molecular formula is C16H20N2O2. The van der Waals surface area contributed by atoms with Crippen LogP contribution in [0, 0.1) is 13.8 Å². The first kappa shape index (κ1) is 13.2. The van der Waals surface area contributed by atoms with Gasteiger partial charge in [-0.3, -0.25) is 4.79 Å². The zero-order valence-corrected chi connectivity index (χ0v) is 12.2. The maximum absolute atomic E-state index is 12.5. The molecule has 106 valence electrons. The predicted molar refractivity (Wildman–Crippen MR) is 79.2 cm³/mol. The molecule has 0 saturated carbocycles. The number of nitrogens with zero attached hydrogens (tertiary/aromatic N) is 2. The average Bonchev–Trinajstić information content (AvgIpc) is 2.69. The highest BCUT2D eigenvalue weighted by Crippen LogP contribution is 2.33. The maximum atomic E-state index is 12.5. The molecule has 2 heterocycles. The first-order valence-electron chi connectivity index (χ1n) is 7.03. The van der Waals surface area contributed by atoms with Crippen LogP contribution in [0.25, 0.3) is 10.9 Å². The second-order valence-corrected chi connectivity index (χ2v) is 5.66. The molecule has 4 heteroatoms. The number of aliphatic hydroxyl groups is 1. The van der Waals surface area contributed by atoms with Crippen molar-refractivity contribution in [3.63, 3.8) is 0 Å². The molecule has 0 radical (unpaired) electrons. The van der Waals surface area contributed by atoms with Crippen molar-refractivity contribution < 1.29 is 9.90 Å². The van der Waals surface area contributed by atoms with Crippen LogP contribution in [0.4, 0.5) is 0 Å². The van der Waals surface area contributed by atoms with E-state index in [1.807, 2.05) is 11.6 Å². The number of hydrogen-bond donors (Lipinski definition) is 1. The van der Waals surface area contributed by atoms with Crippen LogP contribution in [0.1, 0.15) is 27.2 Å². The minimum atomic E-state index is 0.0422. The summed E-state index contributed by atoms with van der Waals surface area (Å²) in [6, 6.07) is 4.30. The zero-order chi connectivity index (χ0) is 14.4. The van der Waals surface area contributed by atoms with Crippen LogP contribution in [0.2, 0.25) is 0 Å². The summed E-state index contributed by atoms with van der Waals surface area (Å²) in [7, 11) is 1.84. The fourth-order valence-electron chi connectivity index (χ4n) is 3.33. The number of aryl methyl sites for hydroxylation is 2. The van der Waals surface area contributed by atoms with Crippen LogP contribution >= 0.6 is 0 Å². The predicted octanol–water partition coefficient (Wildman–Crippen LogP) is 1.88. The molecule has 0 unspecified atom stereocenters. The third-order valence-corrected chi connectivity index (χ3v) is 4.17. The van der Waals surface area contributed by atoms with Gasteiger partial charge in [0, 0.05) is 25.5 Å². The lowest BCUT2D eigenvalue weighted by atomic mass is 10.0. The van der Waals surface area contributed by atoms with Gasteiger partial charge in [-0.05, 0) is 37.5 Å². The fraction of sp³-hybridized carbons (Fsp3) is 0.438. The van der Waals surface area contributed by atoms with Crippen LogP contribution in [-0.2, 0) is 13.0 Å². The lowest BCUT2D eigenvalue weighted by molar-refractivity contribution is 0.0769. The van der Waals surface area contributed by atoms with Crippen molar-refractivity contribution >= 4 is 16.8 Å². The quantitative estimate of drug-likeness (QED) is 0.907. The number of rotatable bonds is 2. The smallest absolute Gasteiger partial charge is 0.270 e. The van der Waals surface area contributed by atoms with E-state index in [0.717, 1.165) is 29.7 Å². The largest absolute Gasteiger partial charge is 0.395 e. The third kappa shape index (κ3) is 1.75. The number of benzene rings is 1. The van der Waals surface area contributed by atoms with E-state index in [9.17, 15) is 9.90 Å². The molecule has 1 aliphatic rings. The van der Waals surface area contributed by atoms with Gasteiger partial charge < -0.3 is 14.6 Å². The van der Waals surface area contributed by atoms with Gasteiger partial charge in [0.2, 0.25) is 0 Å². The molecule has 0 spiro atoms. The van der Waals surface area contributed by atoms with Crippen molar-refractivity contribution in [3.05, 3.63) is 34.5 Å². The zero-order valence-electron chi connectivity index (χ0n) is 12.2. The standard InChI is InChI=1S/C16H20N2O2/c1-10-8-11(2)14-13(9-10)12-4-5-17(3)16(20)15(12)18(14)6-7-19/h8-9,19H,4-7H2,1-3H3. The number of fused-ring (bicyclic) bond motifs is 3. The van der Waals surface area contributed by atoms with Crippen LogP contribution in [0.15, 0.2) is 12.1 Å². The average molecular weight is 272 g/mol. The molecule has 1 aliphatic heterocycles. The molecule has 20 heavy (non-hydrogen) atoms. The van der Waals surface area contributed by atoms with Crippen molar-refractivity contribution in [1.29, 1.82) is 0 Å². The van der Waals surface area contributed by atoms with E-state index in [1.54, 1.807) is 4.90 Å². The Bertz CT molecular complexity index is 700. The Kier molecular flexibility index (Phi) is 3.05. The molecule has 0 aliphatic carbocycles. The molecule has 0 atom stereocenters. The van der Waals surface area contributed by atoms with Gasteiger partial charge in [0.1, 0.15) is 5.69 Å². The Hall–Kier alpha value is -1.81. The molecule has 1 N–H and O–H groups in total. The molecule has 0 saturated heterocycles. The van der Waals surface area contributed by atoms with Crippen molar-refractivity contribution in [1.82, 2.24) is 9.47 Å². The Morgan fingerprint density at radius 2 is 2.05 bits per heavy atom. The van der Waals surface area contributed by atoms with E-state index >= 15 is 0 Å². The SMILES string of the molecule is Cc1cc(C)c2c(c1)c1c(n2CCO)C(=O)N(C)CC1. The highest BCUT2D eigenvalue weighted by atomic mass is 16.3. The lowest BCUT2D eigenvalue weighted by Gasteiger charge is -2.24. The summed E-state index contributed by atoms with van der Waals surface area (Å²) in [6.07, 6.45) is 0.884. The van der Waals surface area contributed by atoms with E-state index in [0.29, 0.717) is 6.54 Å². The van der Waals surface area contributed by atoms with Gasteiger partial charge in [0.05, 0.1) is 12.1 Å². The summed E-state index contributed by atoms with van der Waals surface area (Å²) in [6.45, 7) is 5.43. The molecule has 2 aromatic rings. The van der Waals surface area contributed by atoms with Gasteiger partial charge in [-0.1, -0.05) is 11.6 Å². The molecule has 0 fully saturated rings. The first-order valence-corrected chi connectivity index (χ1v) is 7.03. The minimum Gasteiger partial charge on any atom is -0.395 e. The van der Waals surface area contributed by atoms with E-state index in [1.165, 1.54) is 16.5 Å². The second kappa shape index (κ2) is 4.63. The van der Waals surface area contributed by atoms with Crippen LogP contribution < -0.4 is 0 Å². The monoisotopic (exact) mass is 272 g/mol. The summed E-state index contributed by atoms with van der Waals surface area (Å²) in [5.74, 6) is 0.0629. The van der Waals surface area contributed by atoms with E-state index in [-0.39, 0.29) is 12.5 Å². The summed E-state index contributed by atoms with van der Waals surface area (Å²) in [4.78, 5) is 14.3. The van der Waals surface area contributed by atoms with Gasteiger partial charge in [0.15, 0.2) is 0 Å². The molecule has 1 aromatic carbocycles. The van der Waals surface area contributed by atoms with E-state index in [2.05, 4.69) is 26.0 Å². The summed E-state index contributed by atoms with van der Waals surface area (Å²) in [5.41, 5.74) is 5.38. The molecule has 1 aromatic heterocycles. The van der Waals surface area contributed by atoms with Crippen LogP contribution in [-0.4, -0.2) is 40.7 Å². The lowest BCUT2D eigenvalue weighted by Crippen LogP contribution is -2.35. The van der Waals surface area contributed by atoms with Crippen molar-refractivity contribution in [3.8, 4) is 0 Å². The van der Waals surface area contributed by atoms with Gasteiger partial charge in [-0.2, -0.15) is 0 Å². The molecule has 4 nitrogen and oxygen atoms in total. The van der Waals surface area contributed by atoms with E-state index in [4.69, 9.17) is 0 Å². The first-order chi connectivity index (χ1) is 9.54. The highest BCUT2D eigenvalue weighted by Gasteiger charge is 2.29. The molecule has 1 amide bonds. The molecular weight excluding hydrogens is 252 g/mol. The fourth-order valence-corrected chi connectivity index (χ4v) is 3.33. The number of amides is 1. The van der Waals surface area contributed by atoms with Crippen LogP contribution in [0.5, 0.6) is 0 Å². The second-order valence-electron chi connectivity index (χ2n) is 5.66. The molecule has 0 bridgehead atoms. The Morgan fingerprint density at radius 1 is 1.30 bits per heavy atom. The summed E-state index contributed by atoms with van der Waals surface area (Å²) >= 11 is 0. The highest BCUT2D eigenvalue weighted by molar-refractivity contribution is 6.03. The number of likely N-dealkylation sites (N-methyl/N-ethyl adjacent to an activating group) is 1. The normalized spacial score (nSPS) is 15.0. The summed E-state index contributed by atoms with van der Waals surface area (Å²) in [5, 5.41) is 10.5. The van der Waals surface area contributed by atoms with Crippen molar-refractivity contribution in [2.45, 2.75) is 26.8 Å². The summed E-state index contributed by atoms with van der Waals surface area (Å²) < 4.78 is 2.00. The van der Waals surface area contributed by atoms with E-state index < -0.39 is 0 Å². The van der Waals surface area contributed by atoms with Crippen molar-refractivity contribution in [2.75, 3.05) is 20.2 Å². The van der Waals surface area contributed by atoms with Gasteiger partial charge >= 0.3 is 0 Å². The van der Waals surface area contributed by atoms with Gasteiger partial charge in [-0.25, -0.2) is 0 Å². The number of carbonyl (C=O) groups excluding carboxylic acids is 1. The number of carbonyl (C=O) groups is 1. The Morgan fingerprint density at radius 3 is 2.75 bits per heavy atom. The third-order valence-electron chi connectivity index (χ3n) is 4.17. The van der Waals surface area contributed by atoms with Gasteiger partial charge in [0.25, 0.3) is 5.91 Å². The number of hydrogen-bond acceptors (Lipinski definition) is 2. The number of aromatic nitrogens is 1. The van der Waals surface area contributed by atoms with Crippen LogP contribution in [0.3, 0.4) is 0 Å². The Labute approximate surface area is 118 Å². The number of aliphatic hydroxyl groups excluding tert-OH is 1. The van der Waals surface area contributed by atoms with Crippen molar-refractivity contribution in [2.24, 2.45) is 0 Å². The Balaban J connectivity index is 2.40. The minimum absolute atomic E-state index is 0.0422. The van der Waals surface area contributed by atoms with Gasteiger partial charge in [-0.15, -0.1) is 0 Å².